The van der Waals surface area contributed by atoms with Crippen LogP contribution in [0.3, 0.4) is 0 Å². The Morgan fingerprint density at radius 1 is 1.40 bits per heavy atom. The molecule has 1 fully saturated rings. The summed E-state index contributed by atoms with van der Waals surface area (Å²) in [7, 11) is 0. The third kappa shape index (κ3) is 2.17. The van der Waals surface area contributed by atoms with Crippen LogP contribution in [0.1, 0.15) is 13.3 Å². The van der Waals surface area contributed by atoms with Crippen molar-refractivity contribution < 1.29 is 19.1 Å². The van der Waals surface area contributed by atoms with Gasteiger partial charge in [0.1, 0.15) is 0 Å². The molecule has 1 atom stereocenters. The molecule has 0 spiro atoms. The quantitative estimate of drug-likeness (QED) is 0.891. The molecule has 2 aliphatic rings. The van der Waals surface area contributed by atoms with E-state index in [1.807, 2.05) is 13.0 Å². The van der Waals surface area contributed by atoms with Crippen molar-refractivity contribution in [1.29, 1.82) is 0 Å². The van der Waals surface area contributed by atoms with E-state index in [1.54, 1.807) is 17.0 Å². The smallest absolute Gasteiger partial charge is 0.231 e. The van der Waals surface area contributed by atoms with Gasteiger partial charge in [-0.2, -0.15) is 0 Å². The van der Waals surface area contributed by atoms with Crippen LogP contribution in [-0.4, -0.2) is 31.7 Å². The molecule has 0 radical (unpaired) electrons. The van der Waals surface area contributed by atoms with E-state index in [2.05, 4.69) is 5.32 Å². The number of anilines is 1. The molecule has 2 heterocycles. The van der Waals surface area contributed by atoms with Gasteiger partial charge in [0.05, 0.1) is 5.92 Å². The predicted molar refractivity (Wildman–Crippen MR) is 71.7 cm³/mol. The lowest BCUT2D eigenvalue weighted by atomic mass is 10.1. The van der Waals surface area contributed by atoms with Crippen molar-refractivity contribution in [2.45, 2.75) is 13.3 Å². The third-order valence-electron chi connectivity index (χ3n) is 3.51. The Morgan fingerprint density at radius 2 is 2.20 bits per heavy atom. The lowest BCUT2D eigenvalue weighted by molar-refractivity contribution is -0.126. The molecule has 6 heteroatoms. The first-order valence-corrected chi connectivity index (χ1v) is 6.66. The van der Waals surface area contributed by atoms with Crippen molar-refractivity contribution in [1.82, 2.24) is 5.32 Å². The molecule has 1 saturated heterocycles. The molecule has 1 aromatic carbocycles. The average Bonchev–Trinajstić information content (AvgIpc) is 3.04. The maximum absolute atomic E-state index is 12.1. The van der Waals surface area contributed by atoms with Crippen LogP contribution < -0.4 is 19.7 Å². The molecule has 0 aromatic heterocycles. The summed E-state index contributed by atoms with van der Waals surface area (Å²) in [5, 5.41) is 2.76. The third-order valence-corrected chi connectivity index (χ3v) is 3.51. The van der Waals surface area contributed by atoms with Gasteiger partial charge in [-0.15, -0.1) is 0 Å². The molecular weight excluding hydrogens is 260 g/mol. The van der Waals surface area contributed by atoms with Gasteiger partial charge < -0.3 is 19.7 Å². The van der Waals surface area contributed by atoms with E-state index in [9.17, 15) is 9.59 Å². The first-order chi connectivity index (χ1) is 9.69. The van der Waals surface area contributed by atoms with E-state index < -0.39 is 0 Å². The monoisotopic (exact) mass is 276 g/mol. The second kappa shape index (κ2) is 5.03. The van der Waals surface area contributed by atoms with Crippen molar-refractivity contribution in [2.75, 3.05) is 24.8 Å². The van der Waals surface area contributed by atoms with E-state index >= 15 is 0 Å². The number of carbonyl (C=O) groups is 2. The normalized spacial score (nSPS) is 20.4. The fourth-order valence-corrected chi connectivity index (χ4v) is 2.50. The number of benzene rings is 1. The summed E-state index contributed by atoms with van der Waals surface area (Å²) < 4.78 is 10.6. The maximum Gasteiger partial charge on any atom is 0.231 e. The molecule has 20 heavy (non-hydrogen) atoms. The van der Waals surface area contributed by atoms with Gasteiger partial charge in [0.25, 0.3) is 0 Å². The first-order valence-electron chi connectivity index (χ1n) is 6.66. The molecule has 6 nitrogen and oxygen atoms in total. The van der Waals surface area contributed by atoms with Crippen molar-refractivity contribution in [2.24, 2.45) is 5.92 Å². The number of hydrogen-bond acceptors (Lipinski definition) is 4. The van der Waals surface area contributed by atoms with E-state index in [1.165, 1.54) is 0 Å². The molecule has 1 N–H and O–H groups in total. The van der Waals surface area contributed by atoms with Gasteiger partial charge in [0.2, 0.25) is 18.6 Å². The molecule has 0 saturated carbocycles. The van der Waals surface area contributed by atoms with Crippen LogP contribution in [0.25, 0.3) is 0 Å². The van der Waals surface area contributed by atoms with Crippen LogP contribution in [0, 0.1) is 5.92 Å². The van der Waals surface area contributed by atoms with Crippen LogP contribution in [0.4, 0.5) is 5.69 Å². The summed E-state index contributed by atoms with van der Waals surface area (Å²) in [6, 6.07) is 5.37. The Kier molecular flexibility index (Phi) is 3.22. The summed E-state index contributed by atoms with van der Waals surface area (Å²) in [4.78, 5) is 25.5. The molecule has 2 amide bonds. The standard InChI is InChI=1S/C14H16N2O4/c1-2-15-14(18)9-5-13(17)16(7-9)10-3-4-11-12(6-10)20-8-19-11/h3-4,6,9H,2,5,7-8H2,1H3,(H,15,18)/t9-/m0/s1. The molecular formula is C14H16N2O4. The zero-order chi connectivity index (χ0) is 14.1. The molecule has 0 bridgehead atoms. The summed E-state index contributed by atoms with van der Waals surface area (Å²) >= 11 is 0. The lowest BCUT2D eigenvalue weighted by Crippen LogP contribution is -2.32. The zero-order valence-corrected chi connectivity index (χ0v) is 11.2. The Balaban J connectivity index is 1.77. The Hall–Kier alpha value is -2.24. The van der Waals surface area contributed by atoms with E-state index in [0.29, 0.717) is 24.6 Å². The Bertz CT molecular complexity index is 558. The highest BCUT2D eigenvalue weighted by Crippen LogP contribution is 2.37. The average molecular weight is 276 g/mol. The van der Waals surface area contributed by atoms with Crippen LogP contribution in [0.2, 0.25) is 0 Å². The highest BCUT2D eigenvalue weighted by Gasteiger charge is 2.35. The number of nitrogens with zero attached hydrogens (tertiary/aromatic N) is 1. The van der Waals surface area contributed by atoms with Crippen molar-refractivity contribution in [3.05, 3.63) is 18.2 Å². The lowest BCUT2D eigenvalue weighted by Gasteiger charge is -2.17. The van der Waals surface area contributed by atoms with E-state index in [0.717, 1.165) is 5.69 Å². The maximum atomic E-state index is 12.1. The Labute approximate surface area is 116 Å². The Morgan fingerprint density at radius 3 is 3.00 bits per heavy atom. The summed E-state index contributed by atoms with van der Waals surface area (Å²) in [6.45, 7) is 3.05. The van der Waals surface area contributed by atoms with E-state index in [-0.39, 0.29) is 30.9 Å². The van der Waals surface area contributed by atoms with Crippen LogP contribution in [0.5, 0.6) is 11.5 Å². The molecule has 0 unspecified atom stereocenters. The molecule has 0 aliphatic carbocycles. The highest BCUT2D eigenvalue weighted by atomic mass is 16.7. The van der Waals surface area contributed by atoms with Crippen LogP contribution in [-0.2, 0) is 9.59 Å². The van der Waals surface area contributed by atoms with Gasteiger partial charge in [-0.1, -0.05) is 0 Å². The number of carbonyl (C=O) groups excluding carboxylic acids is 2. The minimum atomic E-state index is -0.284. The summed E-state index contributed by atoms with van der Waals surface area (Å²) in [5.41, 5.74) is 0.742. The number of hydrogen-bond donors (Lipinski definition) is 1. The second-order valence-corrected chi connectivity index (χ2v) is 4.84. The number of amides is 2. The van der Waals surface area contributed by atoms with Gasteiger partial charge in [0.15, 0.2) is 11.5 Å². The number of fused-ring (bicyclic) bond motifs is 1. The van der Waals surface area contributed by atoms with Crippen molar-refractivity contribution >= 4 is 17.5 Å². The minimum absolute atomic E-state index is 0.0416. The van der Waals surface area contributed by atoms with Crippen LogP contribution in [0.15, 0.2) is 18.2 Å². The van der Waals surface area contributed by atoms with Gasteiger partial charge >= 0.3 is 0 Å². The molecule has 1 aromatic rings. The highest BCUT2D eigenvalue weighted by molar-refractivity contribution is 6.00. The van der Waals surface area contributed by atoms with E-state index in [4.69, 9.17) is 9.47 Å². The van der Waals surface area contributed by atoms with Crippen molar-refractivity contribution in [3.8, 4) is 11.5 Å². The first kappa shape index (κ1) is 12.8. The number of ether oxygens (including phenoxy) is 2. The minimum Gasteiger partial charge on any atom is -0.454 e. The number of rotatable bonds is 3. The fourth-order valence-electron chi connectivity index (χ4n) is 2.50. The largest absolute Gasteiger partial charge is 0.454 e. The summed E-state index contributed by atoms with van der Waals surface area (Å²) in [5.74, 6) is 0.925. The van der Waals surface area contributed by atoms with Crippen molar-refractivity contribution in [3.63, 3.8) is 0 Å². The molecule has 106 valence electrons. The van der Waals surface area contributed by atoms with Gasteiger partial charge in [-0.05, 0) is 19.1 Å². The molecule has 2 aliphatic heterocycles. The molecule has 3 rings (SSSR count). The van der Waals surface area contributed by atoms with Crippen LogP contribution >= 0.6 is 0 Å². The van der Waals surface area contributed by atoms with Gasteiger partial charge in [0, 0.05) is 31.3 Å². The summed E-state index contributed by atoms with van der Waals surface area (Å²) in [6.07, 6.45) is 0.250. The predicted octanol–water partition coefficient (Wildman–Crippen LogP) is 0.904. The topological polar surface area (TPSA) is 67.9 Å². The van der Waals surface area contributed by atoms with Gasteiger partial charge in [-0.25, -0.2) is 0 Å². The number of nitrogens with one attached hydrogen (secondary N) is 1. The fraction of sp³-hybridized carbons (Fsp3) is 0.429. The SMILES string of the molecule is CCNC(=O)[C@H]1CC(=O)N(c2ccc3c(c2)OCO3)C1. The zero-order valence-electron chi connectivity index (χ0n) is 11.2. The van der Waals surface area contributed by atoms with Gasteiger partial charge in [-0.3, -0.25) is 9.59 Å². The second-order valence-electron chi connectivity index (χ2n) is 4.84.